The molecule has 4 rings (SSSR count). The molecule has 2 aliphatic heterocycles. The lowest BCUT2D eigenvalue weighted by atomic mass is 10.1. The van der Waals surface area contributed by atoms with E-state index in [-0.39, 0.29) is 18.4 Å². The normalized spacial score (nSPS) is 19.0. The summed E-state index contributed by atoms with van der Waals surface area (Å²) in [5.74, 6) is -0.331. The molecule has 1 aromatic heterocycles. The zero-order chi connectivity index (χ0) is 20.1. The standard InChI is InChI=1S/C22H23N3O4/c26-22(27)17-6-3-5-16(13-17)15-29-18-9-10-19(23-14-18)20-7-4-11-24-25(20)21-8-1-2-12-28-21/h3,5-7,9-11,13-14,21H,1-2,4,8,12,15H2,(H,26,27). The number of pyridine rings is 1. The van der Waals surface area contributed by atoms with E-state index in [0.29, 0.717) is 5.75 Å². The molecule has 0 bridgehead atoms. The van der Waals surface area contributed by atoms with Crippen molar-refractivity contribution >= 4 is 17.9 Å². The van der Waals surface area contributed by atoms with Gasteiger partial charge in [-0.25, -0.2) is 9.80 Å². The van der Waals surface area contributed by atoms with E-state index in [2.05, 4.69) is 16.2 Å². The van der Waals surface area contributed by atoms with Gasteiger partial charge in [-0.1, -0.05) is 18.2 Å². The Hall–Kier alpha value is -3.19. The molecular weight excluding hydrogens is 370 g/mol. The van der Waals surface area contributed by atoms with Crippen molar-refractivity contribution in [1.29, 1.82) is 0 Å². The number of hydrogen-bond acceptors (Lipinski definition) is 6. The summed E-state index contributed by atoms with van der Waals surface area (Å²) in [6, 6.07) is 10.5. The maximum absolute atomic E-state index is 11.1. The molecule has 1 aromatic carbocycles. The minimum Gasteiger partial charge on any atom is -0.487 e. The van der Waals surface area contributed by atoms with Crippen LogP contribution in [0.2, 0.25) is 0 Å². The van der Waals surface area contributed by atoms with Crippen LogP contribution < -0.4 is 4.74 Å². The lowest BCUT2D eigenvalue weighted by Gasteiger charge is -2.34. The summed E-state index contributed by atoms with van der Waals surface area (Å²) in [5, 5.41) is 15.5. The van der Waals surface area contributed by atoms with Gasteiger partial charge in [0.15, 0.2) is 6.23 Å². The second-order valence-electron chi connectivity index (χ2n) is 6.96. The van der Waals surface area contributed by atoms with Crippen molar-refractivity contribution in [3.8, 4) is 5.75 Å². The second kappa shape index (κ2) is 8.87. The molecule has 1 fully saturated rings. The molecule has 0 radical (unpaired) electrons. The van der Waals surface area contributed by atoms with Gasteiger partial charge in [-0.05, 0) is 49.1 Å². The Bertz CT molecular complexity index is 918. The maximum Gasteiger partial charge on any atom is 0.335 e. The first-order valence-electron chi connectivity index (χ1n) is 9.75. The molecule has 1 N–H and O–H groups in total. The number of rotatable bonds is 6. The van der Waals surface area contributed by atoms with E-state index in [1.54, 1.807) is 24.4 Å². The van der Waals surface area contributed by atoms with Crippen LogP contribution in [0.15, 0.2) is 53.8 Å². The van der Waals surface area contributed by atoms with Crippen LogP contribution in [0.3, 0.4) is 0 Å². The van der Waals surface area contributed by atoms with E-state index >= 15 is 0 Å². The molecule has 29 heavy (non-hydrogen) atoms. The molecule has 2 aliphatic rings. The Morgan fingerprint density at radius 3 is 2.97 bits per heavy atom. The lowest BCUT2D eigenvalue weighted by molar-refractivity contribution is -0.0603. The van der Waals surface area contributed by atoms with E-state index in [1.165, 1.54) is 0 Å². The van der Waals surface area contributed by atoms with Gasteiger partial charge in [0.2, 0.25) is 0 Å². The maximum atomic E-state index is 11.1. The predicted octanol–water partition coefficient (Wildman–Crippen LogP) is 3.92. The fourth-order valence-corrected chi connectivity index (χ4v) is 3.40. The van der Waals surface area contributed by atoms with Gasteiger partial charge >= 0.3 is 5.97 Å². The van der Waals surface area contributed by atoms with Crippen LogP contribution in [0, 0.1) is 0 Å². The zero-order valence-electron chi connectivity index (χ0n) is 16.0. The molecule has 0 aliphatic carbocycles. The number of hydrogen-bond donors (Lipinski definition) is 1. The fraction of sp³-hybridized carbons (Fsp3) is 0.318. The summed E-state index contributed by atoms with van der Waals surface area (Å²) in [4.78, 5) is 15.6. The highest BCUT2D eigenvalue weighted by atomic mass is 16.5. The summed E-state index contributed by atoms with van der Waals surface area (Å²) >= 11 is 0. The van der Waals surface area contributed by atoms with E-state index in [4.69, 9.17) is 14.6 Å². The summed E-state index contributed by atoms with van der Waals surface area (Å²) in [7, 11) is 0. The van der Waals surface area contributed by atoms with Crippen molar-refractivity contribution in [3.63, 3.8) is 0 Å². The molecular formula is C22H23N3O4. The predicted molar refractivity (Wildman–Crippen MR) is 108 cm³/mol. The van der Waals surface area contributed by atoms with Crippen LogP contribution in [0.5, 0.6) is 5.75 Å². The van der Waals surface area contributed by atoms with Gasteiger partial charge in [-0.2, -0.15) is 5.10 Å². The number of aromatic carboxylic acids is 1. The van der Waals surface area contributed by atoms with Gasteiger partial charge in [0, 0.05) is 19.2 Å². The lowest BCUT2D eigenvalue weighted by Crippen LogP contribution is -2.36. The summed E-state index contributed by atoms with van der Waals surface area (Å²) in [6.07, 6.45) is 9.54. The minimum absolute atomic E-state index is 0.0502. The molecule has 150 valence electrons. The van der Waals surface area contributed by atoms with Gasteiger partial charge in [-0.3, -0.25) is 4.98 Å². The third-order valence-corrected chi connectivity index (χ3v) is 4.88. The van der Waals surface area contributed by atoms with Gasteiger partial charge in [0.1, 0.15) is 12.4 Å². The Morgan fingerprint density at radius 2 is 2.21 bits per heavy atom. The van der Waals surface area contributed by atoms with Gasteiger partial charge in [0.25, 0.3) is 0 Å². The molecule has 7 nitrogen and oxygen atoms in total. The first-order valence-corrected chi connectivity index (χ1v) is 9.75. The van der Waals surface area contributed by atoms with E-state index in [1.807, 2.05) is 29.4 Å². The second-order valence-corrected chi connectivity index (χ2v) is 6.96. The highest BCUT2D eigenvalue weighted by molar-refractivity contribution is 5.87. The Morgan fingerprint density at radius 1 is 1.28 bits per heavy atom. The Balaban J connectivity index is 1.42. The van der Waals surface area contributed by atoms with Crippen molar-refractivity contribution in [3.05, 3.63) is 65.5 Å². The Kier molecular flexibility index (Phi) is 5.86. The molecule has 0 saturated carbocycles. The SMILES string of the molecule is O=C(O)c1cccc(COc2ccc(C3=CCC=NN3C3CCCCO3)nc2)c1. The largest absolute Gasteiger partial charge is 0.487 e. The molecule has 3 heterocycles. The summed E-state index contributed by atoms with van der Waals surface area (Å²) in [6.45, 7) is 1.03. The van der Waals surface area contributed by atoms with Gasteiger partial charge in [0.05, 0.1) is 23.2 Å². The smallest absolute Gasteiger partial charge is 0.335 e. The number of benzene rings is 1. The molecule has 7 heteroatoms. The van der Waals surface area contributed by atoms with Crippen LogP contribution in [-0.2, 0) is 11.3 Å². The van der Waals surface area contributed by atoms with Crippen LogP contribution in [0.25, 0.3) is 5.70 Å². The van der Waals surface area contributed by atoms with Crippen molar-refractivity contribution in [2.24, 2.45) is 5.10 Å². The number of ether oxygens (including phenoxy) is 2. The number of hydrazone groups is 1. The van der Waals surface area contributed by atoms with Crippen LogP contribution in [0.1, 0.15) is 47.3 Å². The number of carbonyl (C=O) groups is 1. The van der Waals surface area contributed by atoms with Crippen LogP contribution in [0.4, 0.5) is 0 Å². The van der Waals surface area contributed by atoms with E-state index < -0.39 is 5.97 Å². The third-order valence-electron chi connectivity index (χ3n) is 4.88. The highest BCUT2D eigenvalue weighted by Gasteiger charge is 2.26. The van der Waals surface area contributed by atoms with Gasteiger partial charge < -0.3 is 14.6 Å². The molecule has 2 aromatic rings. The minimum atomic E-state index is -0.951. The third kappa shape index (κ3) is 4.63. The van der Waals surface area contributed by atoms with E-state index in [9.17, 15) is 4.79 Å². The summed E-state index contributed by atoms with van der Waals surface area (Å²) in [5.41, 5.74) is 2.80. The van der Waals surface area contributed by atoms with Crippen molar-refractivity contribution in [2.45, 2.75) is 38.5 Å². The van der Waals surface area contributed by atoms with Crippen molar-refractivity contribution in [2.75, 3.05) is 6.61 Å². The first kappa shape index (κ1) is 19.1. The first-order chi connectivity index (χ1) is 14.2. The number of allylic oxidation sites excluding steroid dienone is 1. The topological polar surface area (TPSA) is 84.2 Å². The van der Waals surface area contributed by atoms with Crippen molar-refractivity contribution < 1.29 is 19.4 Å². The van der Waals surface area contributed by atoms with Crippen molar-refractivity contribution in [1.82, 2.24) is 9.99 Å². The zero-order valence-corrected chi connectivity index (χ0v) is 16.0. The number of aromatic nitrogens is 1. The molecule has 0 spiro atoms. The molecule has 1 unspecified atom stereocenters. The number of carboxylic acid groups (broad SMARTS) is 1. The van der Waals surface area contributed by atoms with E-state index in [0.717, 1.165) is 49.2 Å². The average Bonchev–Trinajstić information content (AvgIpc) is 2.79. The molecule has 0 amide bonds. The molecule has 1 saturated heterocycles. The fourth-order valence-electron chi connectivity index (χ4n) is 3.40. The Labute approximate surface area is 169 Å². The molecule has 1 atom stereocenters. The van der Waals surface area contributed by atoms with Gasteiger partial charge in [-0.15, -0.1) is 0 Å². The number of nitrogens with zero attached hydrogens (tertiary/aromatic N) is 3. The number of carboxylic acids is 1. The quantitative estimate of drug-likeness (QED) is 0.801. The highest BCUT2D eigenvalue weighted by Crippen LogP contribution is 2.29. The van der Waals surface area contributed by atoms with Crippen LogP contribution >= 0.6 is 0 Å². The van der Waals surface area contributed by atoms with Crippen LogP contribution in [-0.4, -0.2) is 40.1 Å². The summed E-state index contributed by atoms with van der Waals surface area (Å²) < 4.78 is 11.7. The average molecular weight is 393 g/mol. The monoisotopic (exact) mass is 393 g/mol.